The van der Waals surface area contributed by atoms with Crippen LogP contribution in [0, 0.1) is 0 Å². The third-order valence-electron chi connectivity index (χ3n) is 4.29. The number of piperazine rings is 1. The summed E-state index contributed by atoms with van der Waals surface area (Å²) >= 11 is 0. The van der Waals surface area contributed by atoms with Crippen LogP contribution in [0.15, 0.2) is 42.7 Å². The standard InChI is InChI=1S/C18H24N4O/c1-21-12-10-20-18(21)16-14-19-9-13-22(16)11-5-7-15-6-3-4-8-17(15)23-2/h3-8,10,12,16,19H,9,11,13-14H2,1-2H3/b7-5+. The molecule has 1 saturated heterocycles. The van der Waals surface area contributed by atoms with Crippen LogP contribution >= 0.6 is 0 Å². The van der Waals surface area contributed by atoms with Crippen molar-refractivity contribution in [2.45, 2.75) is 6.04 Å². The van der Waals surface area contributed by atoms with Gasteiger partial charge in [-0.05, 0) is 6.07 Å². The average Bonchev–Trinajstić information content (AvgIpc) is 3.01. The fraction of sp³-hybridized carbons (Fsp3) is 0.389. The number of aromatic nitrogens is 2. The minimum atomic E-state index is 0.311. The van der Waals surface area contributed by atoms with E-state index in [2.05, 4.69) is 45.0 Å². The second-order valence-corrected chi connectivity index (χ2v) is 5.76. The average molecular weight is 312 g/mol. The van der Waals surface area contributed by atoms with Gasteiger partial charge in [0.2, 0.25) is 0 Å². The van der Waals surface area contributed by atoms with E-state index in [4.69, 9.17) is 4.74 Å². The highest BCUT2D eigenvalue weighted by molar-refractivity contribution is 5.57. The Hall–Kier alpha value is -2.11. The van der Waals surface area contributed by atoms with Crippen molar-refractivity contribution < 1.29 is 4.74 Å². The number of nitrogens with zero attached hydrogens (tertiary/aromatic N) is 3. The van der Waals surface area contributed by atoms with Gasteiger partial charge in [-0.3, -0.25) is 4.90 Å². The number of imidazole rings is 1. The van der Waals surface area contributed by atoms with Gasteiger partial charge in [-0.15, -0.1) is 0 Å². The summed E-state index contributed by atoms with van der Waals surface area (Å²) in [5.74, 6) is 2.02. The molecule has 23 heavy (non-hydrogen) atoms. The molecule has 1 atom stereocenters. The first kappa shape index (κ1) is 15.8. The minimum absolute atomic E-state index is 0.311. The molecule has 0 spiro atoms. The van der Waals surface area contributed by atoms with E-state index >= 15 is 0 Å². The molecule has 1 aromatic carbocycles. The summed E-state index contributed by atoms with van der Waals surface area (Å²) in [4.78, 5) is 6.98. The quantitative estimate of drug-likeness (QED) is 0.918. The number of hydrogen-bond donors (Lipinski definition) is 1. The van der Waals surface area contributed by atoms with E-state index in [1.807, 2.05) is 30.6 Å². The summed E-state index contributed by atoms with van der Waals surface area (Å²) in [5.41, 5.74) is 1.11. The van der Waals surface area contributed by atoms with E-state index in [0.29, 0.717) is 6.04 Å². The van der Waals surface area contributed by atoms with Crippen molar-refractivity contribution in [3.05, 3.63) is 54.1 Å². The molecule has 3 rings (SSSR count). The molecule has 2 heterocycles. The van der Waals surface area contributed by atoms with Crippen LogP contribution in [0.2, 0.25) is 0 Å². The first-order valence-corrected chi connectivity index (χ1v) is 8.01. The lowest BCUT2D eigenvalue weighted by Gasteiger charge is -2.34. The smallest absolute Gasteiger partial charge is 0.127 e. The zero-order chi connectivity index (χ0) is 16.1. The largest absolute Gasteiger partial charge is 0.496 e. The van der Waals surface area contributed by atoms with Gasteiger partial charge in [-0.2, -0.15) is 0 Å². The number of benzene rings is 1. The van der Waals surface area contributed by atoms with Crippen molar-refractivity contribution in [2.24, 2.45) is 7.05 Å². The second kappa shape index (κ2) is 7.44. The number of aryl methyl sites for hydroxylation is 1. The molecule has 0 bridgehead atoms. The molecular weight excluding hydrogens is 288 g/mol. The molecule has 1 aliphatic rings. The molecule has 0 radical (unpaired) electrons. The van der Waals surface area contributed by atoms with E-state index in [-0.39, 0.29) is 0 Å². The molecule has 5 nitrogen and oxygen atoms in total. The number of rotatable bonds is 5. The van der Waals surface area contributed by atoms with E-state index in [1.54, 1.807) is 7.11 Å². The predicted molar refractivity (Wildman–Crippen MR) is 92.4 cm³/mol. The minimum Gasteiger partial charge on any atom is -0.496 e. The van der Waals surface area contributed by atoms with Crippen molar-refractivity contribution in [1.29, 1.82) is 0 Å². The van der Waals surface area contributed by atoms with Crippen LogP contribution in [0.3, 0.4) is 0 Å². The van der Waals surface area contributed by atoms with Crippen LogP contribution in [-0.4, -0.2) is 47.7 Å². The second-order valence-electron chi connectivity index (χ2n) is 5.76. The topological polar surface area (TPSA) is 42.3 Å². The van der Waals surface area contributed by atoms with Gasteiger partial charge in [0.15, 0.2) is 0 Å². The fourth-order valence-corrected chi connectivity index (χ4v) is 3.04. The van der Waals surface area contributed by atoms with Crippen LogP contribution in [0.1, 0.15) is 17.4 Å². The van der Waals surface area contributed by atoms with Crippen LogP contribution in [-0.2, 0) is 7.05 Å². The summed E-state index contributed by atoms with van der Waals surface area (Å²) in [6.45, 7) is 3.88. The summed E-state index contributed by atoms with van der Waals surface area (Å²) in [7, 11) is 3.76. The number of hydrogen-bond acceptors (Lipinski definition) is 4. The summed E-state index contributed by atoms with van der Waals surface area (Å²) in [5, 5.41) is 3.47. The molecule has 0 aliphatic carbocycles. The van der Waals surface area contributed by atoms with Crippen molar-refractivity contribution in [2.75, 3.05) is 33.3 Å². The van der Waals surface area contributed by atoms with Crippen molar-refractivity contribution in [3.8, 4) is 5.75 Å². The van der Waals surface area contributed by atoms with E-state index in [1.165, 1.54) is 0 Å². The number of nitrogens with one attached hydrogen (secondary N) is 1. The molecule has 0 amide bonds. The molecule has 5 heteroatoms. The monoisotopic (exact) mass is 312 g/mol. The Kier molecular flexibility index (Phi) is 5.10. The van der Waals surface area contributed by atoms with Crippen molar-refractivity contribution in [1.82, 2.24) is 19.8 Å². The zero-order valence-electron chi connectivity index (χ0n) is 13.8. The Labute approximate surface area is 137 Å². The molecular formula is C18H24N4O. The number of para-hydroxylation sites is 1. The van der Waals surface area contributed by atoms with Crippen LogP contribution < -0.4 is 10.1 Å². The first-order chi connectivity index (χ1) is 11.3. The Morgan fingerprint density at radius 2 is 2.26 bits per heavy atom. The summed E-state index contributed by atoms with van der Waals surface area (Å²) in [6, 6.07) is 8.39. The van der Waals surface area contributed by atoms with Gasteiger partial charge in [0.25, 0.3) is 0 Å². The van der Waals surface area contributed by atoms with Crippen molar-refractivity contribution in [3.63, 3.8) is 0 Å². The lowest BCUT2D eigenvalue weighted by molar-refractivity contribution is 0.170. The predicted octanol–water partition coefficient (Wildman–Crippen LogP) is 2.09. The fourth-order valence-electron chi connectivity index (χ4n) is 3.04. The molecule has 1 N–H and O–H groups in total. The Balaban J connectivity index is 1.70. The van der Waals surface area contributed by atoms with Gasteiger partial charge in [-0.25, -0.2) is 4.98 Å². The number of methoxy groups -OCH3 is 1. The summed E-state index contributed by atoms with van der Waals surface area (Å²) in [6.07, 6.45) is 8.22. The molecule has 1 aliphatic heterocycles. The van der Waals surface area contributed by atoms with E-state index in [0.717, 1.165) is 43.3 Å². The molecule has 2 aromatic rings. The lowest BCUT2D eigenvalue weighted by atomic mass is 10.1. The Morgan fingerprint density at radius 3 is 3.04 bits per heavy atom. The maximum Gasteiger partial charge on any atom is 0.127 e. The Bertz CT molecular complexity index is 665. The van der Waals surface area contributed by atoms with Gasteiger partial charge in [-0.1, -0.05) is 30.4 Å². The maximum absolute atomic E-state index is 5.40. The van der Waals surface area contributed by atoms with Gasteiger partial charge >= 0.3 is 0 Å². The van der Waals surface area contributed by atoms with E-state index < -0.39 is 0 Å². The third kappa shape index (κ3) is 3.63. The van der Waals surface area contributed by atoms with Crippen molar-refractivity contribution >= 4 is 6.08 Å². The van der Waals surface area contributed by atoms with Crippen LogP contribution in [0.4, 0.5) is 0 Å². The molecule has 1 unspecified atom stereocenters. The van der Waals surface area contributed by atoms with Gasteiger partial charge in [0.1, 0.15) is 11.6 Å². The third-order valence-corrected chi connectivity index (χ3v) is 4.29. The highest BCUT2D eigenvalue weighted by Crippen LogP contribution is 2.21. The zero-order valence-corrected chi connectivity index (χ0v) is 13.8. The molecule has 1 fully saturated rings. The molecule has 122 valence electrons. The van der Waals surface area contributed by atoms with Gasteiger partial charge in [0, 0.05) is 51.2 Å². The normalized spacial score (nSPS) is 19.3. The van der Waals surface area contributed by atoms with Crippen LogP contribution in [0.5, 0.6) is 5.75 Å². The summed E-state index contributed by atoms with van der Waals surface area (Å²) < 4.78 is 7.50. The van der Waals surface area contributed by atoms with E-state index in [9.17, 15) is 0 Å². The Morgan fingerprint density at radius 1 is 1.39 bits per heavy atom. The highest BCUT2D eigenvalue weighted by atomic mass is 16.5. The van der Waals surface area contributed by atoms with Gasteiger partial charge in [0.05, 0.1) is 13.2 Å². The molecule has 0 saturated carbocycles. The van der Waals surface area contributed by atoms with Crippen LogP contribution in [0.25, 0.3) is 6.08 Å². The maximum atomic E-state index is 5.40. The first-order valence-electron chi connectivity index (χ1n) is 8.01. The molecule has 1 aromatic heterocycles. The SMILES string of the molecule is COc1ccccc1/C=C/CN1CCNCC1c1nccn1C. The lowest BCUT2D eigenvalue weighted by Crippen LogP contribution is -2.46. The number of ether oxygens (including phenoxy) is 1. The van der Waals surface area contributed by atoms with Gasteiger partial charge < -0.3 is 14.6 Å². The highest BCUT2D eigenvalue weighted by Gasteiger charge is 2.25.